The predicted molar refractivity (Wildman–Crippen MR) is 95.3 cm³/mol. The molecule has 0 spiro atoms. The lowest BCUT2D eigenvalue weighted by atomic mass is 10.0. The summed E-state index contributed by atoms with van der Waals surface area (Å²) in [6, 6.07) is 11.9. The van der Waals surface area contributed by atoms with E-state index in [1.807, 2.05) is 6.07 Å². The van der Waals surface area contributed by atoms with E-state index in [0.29, 0.717) is 17.0 Å². The number of piperazine rings is 1. The molecule has 2 heterocycles. The standard InChI is InChI=1S/C19H21FN2O2S/c1-14-2-3-16(12-19(14)20)15-4-6-18(7-5-15)25(23,24)22-11-10-21-9-8-17(22)13-21/h2-7,12,17H,8-11,13H2,1H3. The van der Waals surface area contributed by atoms with Gasteiger partial charge in [0.15, 0.2) is 0 Å². The Kier molecular flexibility index (Phi) is 4.14. The van der Waals surface area contributed by atoms with E-state index in [4.69, 9.17) is 0 Å². The fraction of sp³-hybridized carbons (Fsp3) is 0.368. The fourth-order valence-corrected chi connectivity index (χ4v) is 5.35. The first kappa shape index (κ1) is 16.7. The molecule has 2 aromatic carbocycles. The van der Waals surface area contributed by atoms with E-state index < -0.39 is 10.0 Å². The van der Waals surface area contributed by atoms with Gasteiger partial charge in [0.1, 0.15) is 5.82 Å². The molecule has 0 aliphatic carbocycles. The zero-order valence-electron chi connectivity index (χ0n) is 14.2. The van der Waals surface area contributed by atoms with Crippen LogP contribution in [0.4, 0.5) is 4.39 Å². The van der Waals surface area contributed by atoms with Crippen molar-refractivity contribution in [2.24, 2.45) is 0 Å². The molecule has 2 unspecified atom stereocenters. The molecule has 2 aliphatic rings. The average Bonchev–Trinajstić information content (AvgIpc) is 2.97. The molecule has 0 aromatic heterocycles. The minimum atomic E-state index is -3.48. The van der Waals surface area contributed by atoms with Crippen LogP contribution < -0.4 is 0 Å². The van der Waals surface area contributed by atoms with E-state index in [9.17, 15) is 12.8 Å². The van der Waals surface area contributed by atoms with Gasteiger partial charge >= 0.3 is 0 Å². The first-order chi connectivity index (χ1) is 11.9. The summed E-state index contributed by atoms with van der Waals surface area (Å²) in [6.07, 6.45) is 0.903. The molecule has 2 aliphatic heterocycles. The van der Waals surface area contributed by atoms with Crippen LogP contribution >= 0.6 is 0 Å². The van der Waals surface area contributed by atoms with Gasteiger partial charge in [-0.2, -0.15) is 4.31 Å². The van der Waals surface area contributed by atoms with Crippen LogP contribution in [0.3, 0.4) is 0 Å². The summed E-state index contributed by atoms with van der Waals surface area (Å²) in [4.78, 5) is 2.62. The highest BCUT2D eigenvalue weighted by atomic mass is 32.2. The van der Waals surface area contributed by atoms with E-state index in [0.717, 1.165) is 37.2 Å². The van der Waals surface area contributed by atoms with Gasteiger partial charge in [-0.15, -0.1) is 0 Å². The lowest BCUT2D eigenvalue weighted by Gasteiger charge is -2.33. The number of rotatable bonds is 3. The molecular formula is C19H21FN2O2S. The molecule has 2 aromatic rings. The van der Waals surface area contributed by atoms with Gasteiger partial charge in [0.25, 0.3) is 0 Å². The Balaban J connectivity index is 1.62. The van der Waals surface area contributed by atoms with Crippen LogP contribution in [0.15, 0.2) is 47.4 Å². The summed E-state index contributed by atoms with van der Waals surface area (Å²) in [5, 5.41) is 0. The van der Waals surface area contributed by atoms with Crippen LogP contribution in [0.25, 0.3) is 11.1 Å². The van der Waals surface area contributed by atoms with Gasteiger partial charge in [-0.1, -0.05) is 24.3 Å². The maximum atomic E-state index is 13.8. The highest BCUT2D eigenvalue weighted by molar-refractivity contribution is 7.89. The van der Waals surface area contributed by atoms with E-state index in [1.165, 1.54) is 6.07 Å². The van der Waals surface area contributed by atoms with Crippen LogP contribution in [-0.2, 0) is 10.0 Å². The Hall–Kier alpha value is -1.76. The second-order valence-electron chi connectivity index (χ2n) is 6.85. The van der Waals surface area contributed by atoms with Gasteiger partial charge in [0.2, 0.25) is 10.0 Å². The summed E-state index contributed by atoms with van der Waals surface area (Å²) in [6.45, 7) is 4.89. The third-order valence-corrected chi connectivity index (χ3v) is 7.22. The van der Waals surface area contributed by atoms with Crippen LogP contribution in [0.2, 0.25) is 0 Å². The van der Waals surface area contributed by atoms with Crippen LogP contribution in [-0.4, -0.2) is 49.8 Å². The summed E-state index contributed by atoms with van der Waals surface area (Å²) < 4.78 is 41.3. The van der Waals surface area contributed by atoms with Crippen molar-refractivity contribution in [2.75, 3.05) is 26.2 Å². The van der Waals surface area contributed by atoms with Gasteiger partial charge < -0.3 is 4.90 Å². The van der Waals surface area contributed by atoms with E-state index >= 15 is 0 Å². The maximum absolute atomic E-state index is 13.8. The molecule has 0 N–H and O–H groups in total. The third kappa shape index (κ3) is 2.99. The molecule has 25 heavy (non-hydrogen) atoms. The second kappa shape index (κ2) is 6.20. The Morgan fingerprint density at radius 1 is 1.00 bits per heavy atom. The Morgan fingerprint density at radius 2 is 1.72 bits per heavy atom. The summed E-state index contributed by atoms with van der Waals surface area (Å²) >= 11 is 0. The number of hydrogen-bond donors (Lipinski definition) is 0. The minimum absolute atomic E-state index is 0.0876. The molecule has 4 nitrogen and oxygen atoms in total. The van der Waals surface area contributed by atoms with Gasteiger partial charge in [-0.25, -0.2) is 12.8 Å². The summed E-state index contributed by atoms with van der Waals surface area (Å²) in [5.41, 5.74) is 2.15. The van der Waals surface area contributed by atoms with Crippen LogP contribution in [0, 0.1) is 12.7 Å². The quantitative estimate of drug-likeness (QED) is 0.845. The predicted octanol–water partition coefficient (Wildman–Crippen LogP) is 2.88. The number of halogens is 1. The van der Waals surface area contributed by atoms with Crippen molar-refractivity contribution in [3.05, 3.63) is 53.8 Å². The maximum Gasteiger partial charge on any atom is 0.243 e. The second-order valence-corrected chi connectivity index (χ2v) is 8.74. The van der Waals surface area contributed by atoms with Crippen molar-refractivity contribution < 1.29 is 12.8 Å². The first-order valence-corrected chi connectivity index (χ1v) is 10.00. The van der Waals surface area contributed by atoms with Crippen molar-refractivity contribution in [2.45, 2.75) is 24.3 Å². The van der Waals surface area contributed by atoms with Gasteiger partial charge in [-0.05, 0) is 54.8 Å². The monoisotopic (exact) mass is 360 g/mol. The van der Waals surface area contributed by atoms with Gasteiger partial charge in [0, 0.05) is 25.7 Å². The Bertz CT molecular complexity index is 896. The molecule has 132 valence electrons. The minimum Gasteiger partial charge on any atom is -0.300 e. The molecule has 0 radical (unpaired) electrons. The number of nitrogens with zero attached hydrogens (tertiary/aromatic N) is 2. The molecule has 4 rings (SSSR count). The molecule has 2 atom stereocenters. The molecule has 6 heteroatoms. The zero-order chi connectivity index (χ0) is 17.6. The van der Waals surface area contributed by atoms with Crippen LogP contribution in [0.1, 0.15) is 12.0 Å². The van der Waals surface area contributed by atoms with E-state index in [1.54, 1.807) is 41.6 Å². The number of fused-ring (bicyclic) bond motifs is 2. The van der Waals surface area contributed by atoms with Crippen molar-refractivity contribution in [3.8, 4) is 11.1 Å². The van der Waals surface area contributed by atoms with Crippen molar-refractivity contribution in [3.63, 3.8) is 0 Å². The summed E-state index contributed by atoms with van der Waals surface area (Å²) in [5.74, 6) is -0.256. The summed E-state index contributed by atoms with van der Waals surface area (Å²) in [7, 11) is -3.48. The van der Waals surface area contributed by atoms with E-state index in [2.05, 4.69) is 4.90 Å². The molecule has 2 fully saturated rings. The van der Waals surface area contributed by atoms with Gasteiger partial charge in [0.05, 0.1) is 4.90 Å². The SMILES string of the molecule is Cc1ccc(-c2ccc(S(=O)(=O)N3CCN4CCC3C4)cc2)cc1F. The molecule has 0 amide bonds. The number of benzene rings is 2. The van der Waals surface area contributed by atoms with Gasteiger partial charge in [-0.3, -0.25) is 0 Å². The average molecular weight is 360 g/mol. The Labute approximate surface area is 147 Å². The molecular weight excluding hydrogens is 339 g/mol. The normalized spacial score (nSPS) is 23.8. The van der Waals surface area contributed by atoms with Crippen molar-refractivity contribution in [1.82, 2.24) is 9.21 Å². The van der Waals surface area contributed by atoms with Crippen molar-refractivity contribution in [1.29, 1.82) is 0 Å². The highest BCUT2D eigenvalue weighted by Gasteiger charge is 2.39. The number of hydrogen-bond acceptors (Lipinski definition) is 3. The number of aryl methyl sites for hydroxylation is 1. The lowest BCUT2D eigenvalue weighted by molar-refractivity contribution is 0.213. The number of sulfonamides is 1. The lowest BCUT2D eigenvalue weighted by Crippen LogP contribution is -2.49. The molecule has 0 saturated carbocycles. The smallest absolute Gasteiger partial charge is 0.243 e. The topological polar surface area (TPSA) is 40.6 Å². The zero-order valence-corrected chi connectivity index (χ0v) is 15.0. The molecule has 2 saturated heterocycles. The first-order valence-electron chi connectivity index (χ1n) is 8.56. The van der Waals surface area contributed by atoms with Crippen LogP contribution in [0.5, 0.6) is 0 Å². The van der Waals surface area contributed by atoms with Crippen molar-refractivity contribution >= 4 is 10.0 Å². The Morgan fingerprint density at radius 3 is 2.44 bits per heavy atom. The van der Waals surface area contributed by atoms with E-state index in [-0.39, 0.29) is 11.9 Å². The molecule has 2 bridgehead atoms. The largest absolute Gasteiger partial charge is 0.300 e. The highest BCUT2D eigenvalue weighted by Crippen LogP contribution is 2.29. The fourth-order valence-electron chi connectivity index (χ4n) is 3.72. The third-order valence-electron chi connectivity index (χ3n) is 5.26.